The molecule has 3 heterocycles. The summed E-state index contributed by atoms with van der Waals surface area (Å²) >= 11 is 0. The Morgan fingerprint density at radius 3 is 2.82 bits per heavy atom. The smallest absolute Gasteiger partial charge is 0.384 e. The Morgan fingerprint density at radius 1 is 1.30 bits per heavy atom. The predicted octanol–water partition coefficient (Wildman–Crippen LogP) is 1.80. The van der Waals surface area contributed by atoms with Crippen LogP contribution in [-0.4, -0.2) is 45.4 Å². The number of carbonyl (C=O) groups is 1. The van der Waals surface area contributed by atoms with E-state index in [0.717, 1.165) is 0 Å². The van der Waals surface area contributed by atoms with E-state index in [1.54, 1.807) is 0 Å². The molecule has 12 heteroatoms. The molecule has 12 nitrogen and oxygen atoms in total. The second kappa shape index (κ2) is 9.20. The van der Waals surface area contributed by atoms with Crippen molar-refractivity contribution in [1.29, 1.82) is 0 Å². The molecular weight excluding hydrogens is 438 g/mol. The summed E-state index contributed by atoms with van der Waals surface area (Å²) in [5.74, 6) is -0.494. The van der Waals surface area contributed by atoms with E-state index >= 15 is 0 Å². The molecule has 0 radical (unpaired) electrons. The van der Waals surface area contributed by atoms with Crippen LogP contribution in [0.2, 0.25) is 0 Å². The van der Waals surface area contributed by atoms with Crippen LogP contribution in [0.3, 0.4) is 0 Å². The van der Waals surface area contributed by atoms with Gasteiger partial charge in [-0.15, -0.1) is 0 Å². The predicted molar refractivity (Wildman–Crippen MR) is 111 cm³/mol. The lowest BCUT2D eigenvalue weighted by atomic mass is 9.99. The molecule has 172 valence electrons. The lowest BCUT2D eigenvalue weighted by Gasteiger charge is -2.14. The van der Waals surface area contributed by atoms with Crippen LogP contribution in [0.25, 0.3) is 11.0 Å². The number of esters is 1. The molecule has 0 bridgehead atoms. The maximum atomic E-state index is 12.2. The molecular formula is C21H19N3O9. The third-order valence-corrected chi connectivity index (χ3v) is 4.95. The van der Waals surface area contributed by atoms with Crippen molar-refractivity contribution in [2.75, 3.05) is 13.2 Å². The highest BCUT2D eigenvalue weighted by molar-refractivity contribution is 5.92. The van der Waals surface area contributed by atoms with Crippen LogP contribution in [0, 0.1) is 10.1 Å². The molecule has 0 saturated carbocycles. The average molecular weight is 457 g/mol. The second-order valence-corrected chi connectivity index (χ2v) is 7.14. The molecule has 2 atom stereocenters. The fraction of sp³-hybridized carbons (Fsp3) is 0.333. The SMILES string of the molecule is CCCc1cc(=O)oc2c3c(cc(OCCOC(=O)c4cnccn4)c12)O[C@H]([N+](=O)[O-])[C@H]3O. The molecule has 0 amide bonds. The van der Waals surface area contributed by atoms with Crippen LogP contribution in [-0.2, 0) is 11.2 Å². The van der Waals surface area contributed by atoms with E-state index in [1.807, 2.05) is 6.92 Å². The largest absolute Gasteiger partial charge is 0.489 e. The van der Waals surface area contributed by atoms with Crippen LogP contribution in [0.5, 0.6) is 11.5 Å². The number of fused-ring (bicyclic) bond motifs is 3. The van der Waals surface area contributed by atoms with Crippen molar-refractivity contribution in [3.8, 4) is 11.5 Å². The van der Waals surface area contributed by atoms with Gasteiger partial charge in [0, 0.05) is 24.5 Å². The van der Waals surface area contributed by atoms with E-state index in [9.17, 15) is 24.8 Å². The number of ether oxygens (including phenoxy) is 3. The van der Waals surface area contributed by atoms with Gasteiger partial charge in [0.1, 0.15) is 24.7 Å². The summed E-state index contributed by atoms with van der Waals surface area (Å²) in [5.41, 5.74) is -0.0504. The van der Waals surface area contributed by atoms with Gasteiger partial charge in [-0.1, -0.05) is 13.3 Å². The Kier molecular flexibility index (Phi) is 6.18. The summed E-state index contributed by atoms with van der Waals surface area (Å²) in [6, 6.07) is 2.71. The van der Waals surface area contributed by atoms with Crippen molar-refractivity contribution in [1.82, 2.24) is 9.97 Å². The van der Waals surface area contributed by atoms with E-state index < -0.39 is 28.9 Å². The Balaban J connectivity index is 1.64. The van der Waals surface area contributed by atoms with E-state index in [1.165, 1.54) is 30.7 Å². The normalized spacial score (nSPS) is 16.8. The third-order valence-electron chi connectivity index (χ3n) is 4.95. The molecule has 0 fully saturated rings. The van der Waals surface area contributed by atoms with Crippen molar-refractivity contribution >= 4 is 16.9 Å². The quantitative estimate of drug-likeness (QED) is 0.172. The number of aryl methyl sites for hydroxylation is 1. The summed E-state index contributed by atoms with van der Waals surface area (Å²) in [4.78, 5) is 42.3. The fourth-order valence-corrected chi connectivity index (χ4v) is 3.60. The van der Waals surface area contributed by atoms with Gasteiger partial charge >= 0.3 is 17.8 Å². The summed E-state index contributed by atoms with van der Waals surface area (Å²) in [7, 11) is 0. The van der Waals surface area contributed by atoms with Gasteiger partial charge in [-0.25, -0.2) is 14.6 Å². The minimum atomic E-state index is -1.74. The van der Waals surface area contributed by atoms with Gasteiger partial charge in [-0.3, -0.25) is 15.1 Å². The number of carbonyl (C=O) groups excluding carboxylic acids is 1. The lowest BCUT2D eigenvalue weighted by Crippen LogP contribution is -2.27. The summed E-state index contributed by atoms with van der Waals surface area (Å²) in [6.07, 6.45) is 1.87. The highest BCUT2D eigenvalue weighted by atomic mass is 16.7. The van der Waals surface area contributed by atoms with Gasteiger partial charge in [-0.2, -0.15) is 0 Å². The summed E-state index contributed by atoms with van der Waals surface area (Å²) < 4.78 is 21.5. The molecule has 1 N–H and O–H groups in total. The molecule has 0 aliphatic carbocycles. The van der Waals surface area contributed by atoms with Crippen molar-refractivity contribution in [2.24, 2.45) is 0 Å². The minimum Gasteiger partial charge on any atom is -0.489 e. The van der Waals surface area contributed by atoms with Crippen molar-refractivity contribution in [2.45, 2.75) is 32.1 Å². The topological polar surface area (TPSA) is 164 Å². The van der Waals surface area contributed by atoms with Gasteiger partial charge < -0.3 is 23.7 Å². The first-order chi connectivity index (χ1) is 15.9. The zero-order chi connectivity index (χ0) is 23.5. The molecule has 2 aromatic heterocycles. The molecule has 3 aromatic rings. The van der Waals surface area contributed by atoms with E-state index in [2.05, 4.69) is 9.97 Å². The fourth-order valence-electron chi connectivity index (χ4n) is 3.60. The molecule has 0 spiro atoms. The maximum Gasteiger partial charge on any atom is 0.384 e. The Bertz CT molecular complexity index is 1260. The first-order valence-corrected chi connectivity index (χ1v) is 10.1. The first-order valence-electron chi connectivity index (χ1n) is 10.1. The first kappa shape index (κ1) is 22.1. The second-order valence-electron chi connectivity index (χ2n) is 7.14. The number of nitrogens with zero attached hydrogens (tertiary/aromatic N) is 3. The van der Waals surface area contributed by atoms with Gasteiger partial charge in [0.25, 0.3) is 0 Å². The number of aliphatic hydroxyl groups excluding tert-OH is 1. The Labute approximate surface area is 185 Å². The number of hydrogen-bond acceptors (Lipinski definition) is 11. The zero-order valence-corrected chi connectivity index (χ0v) is 17.4. The summed E-state index contributed by atoms with van der Waals surface area (Å²) in [5, 5.41) is 22.1. The van der Waals surface area contributed by atoms with E-state index in [-0.39, 0.29) is 41.6 Å². The number of aromatic nitrogens is 2. The minimum absolute atomic E-state index is 0.0168. The number of nitro groups is 1. The van der Waals surface area contributed by atoms with E-state index in [0.29, 0.717) is 23.8 Å². The van der Waals surface area contributed by atoms with Crippen LogP contribution >= 0.6 is 0 Å². The summed E-state index contributed by atoms with van der Waals surface area (Å²) in [6.45, 7) is 1.71. The number of rotatable bonds is 8. The molecule has 1 aliphatic rings. The number of aliphatic hydroxyl groups is 1. The monoisotopic (exact) mass is 457 g/mol. The van der Waals surface area contributed by atoms with Gasteiger partial charge in [0.05, 0.1) is 22.1 Å². The average Bonchev–Trinajstić information content (AvgIpc) is 3.13. The molecule has 1 aromatic carbocycles. The number of hydrogen-bond donors (Lipinski definition) is 1. The standard InChI is InChI=1S/C21H19N3O9/c1-2-3-11-8-15(25)33-19-16(11)13(9-14-17(19)18(26)20(32-14)24(28)29)30-6-7-31-21(27)12-10-22-4-5-23-12/h4-5,8-10,18,20,26H,2-3,6-7H2,1H3/t18-,20-/m0/s1. The van der Waals surface area contributed by atoms with Crippen LogP contribution in [0.4, 0.5) is 0 Å². The highest BCUT2D eigenvalue weighted by Crippen LogP contribution is 2.46. The maximum absolute atomic E-state index is 12.2. The number of benzene rings is 1. The van der Waals surface area contributed by atoms with Crippen LogP contribution in [0.1, 0.15) is 41.1 Å². The van der Waals surface area contributed by atoms with Crippen molar-refractivity contribution in [3.63, 3.8) is 0 Å². The van der Waals surface area contributed by atoms with E-state index in [4.69, 9.17) is 18.6 Å². The molecule has 0 saturated heterocycles. The van der Waals surface area contributed by atoms with Gasteiger partial charge in [0.2, 0.25) is 0 Å². The zero-order valence-electron chi connectivity index (χ0n) is 17.4. The molecule has 4 rings (SSSR count). The van der Waals surface area contributed by atoms with Crippen LogP contribution in [0.15, 0.2) is 39.9 Å². The van der Waals surface area contributed by atoms with Crippen molar-refractivity contribution in [3.05, 3.63) is 68.1 Å². The third kappa shape index (κ3) is 4.32. The van der Waals surface area contributed by atoms with Gasteiger partial charge in [0.15, 0.2) is 17.4 Å². The Hall–Kier alpha value is -4.06. The lowest BCUT2D eigenvalue weighted by molar-refractivity contribution is -0.572. The Morgan fingerprint density at radius 2 is 2.12 bits per heavy atom. The molecule has 0 unspecified atom stereocenters. The molecule has 33 heavy (non-hydrogen) atoms. The highest BCUT2D eigenvalue weighted by Gasteiger charge is 2.45. The van der Waals surface area contributed by atoms with Crippen molar-refractivity contribution < 1.29 is 33.5 Å². The van der Waals surface area contributed by atoms with Gasteiger partial charge in [-0.05, 0) is 12.0 Å². The molecule has 1 aliphatic heterocycles. The van der Waals surface area contributed by atoms with Crippen LogP contribution < -0.4 is 15.1 Å².